The van der Waals surface area contributed by atoms with Gasteiger partial charge in [0.2, 0.25) is 0 Å². The number of carbonyl (C=O) groups is 2. The van der Waals surface area contributed by atoms with E-state index in [1.165, 1.54) is 19.3 Å². The van der Waals surface area contributed by atoms with Gasteiger partial charge in [0.1, 0.15) is 0 Å². The van der Waals surface area contributed by atoms with Crippen LogP contribution < -0.4 is 10.6 Å². The summed E-state index contributed by atoms with van der Waals surface area (Å²) in [5.74, 6) is -0.733. The minimum absolute atomic E-state index is 0.0738. The highest BCUT2D eigenvalue weighted by molar-refractivity contribution is 5.73. The molecule has 0 atom stereocenters. The summed E-state index contributed by atoms with van der Waals surface area (Å²) in [7, 11) is 0. The Labute approximate surface area is 121 Å². The molecule has 0 bridgehead atoms. The lowest BCUT2D eigenvalue weighted by Crippen LogP contribution is -2.45. The number of hydrogen-bond donors (Lipinski definition) is 3. The number of hydrogen-bond acceptors (Lipinski definition) is 2. The number of aliphatic carboxylic acids is 1. The molecule has 5 nitrogen and oxygen atoms in total. The zero-order chi connectivity index (χ0) is 14.8. The molecule has 5 heteroatoms. The normalized spacial score (nSPS) is 16.2. The van der Waals surface area contributed by atoms with Gasteiger partial charge in [-0.1, -0.05) is 26.2 Å². The van der Waals surface area contributed by atoms with Crippen LogP contribution in [-0.4, -0.2) is 30.2 Å². The number of urea groups is 1. The molecule has 0 aromatic rings. The van der Waals surface area contributed by atoms with Gasteiger partial charge in [-0.05, 0) is 37.5 Å². The van der Waals surface area contributed by atoms with Gasteiger partial charge in [-0.15, -0.1) is 0 Å². The minimum atomic E-state index is -0.733. The highest BCUT2D eigenvalue weighted by Crippen LogP contribution is 2.42. The van der Waals surface area contributed by atoms with E-state index in [1.54, 1.807) is 0 Å². The second-order valence-electron chi connectivity index (χ2n) is 5.87. The van der Waals surface area contributed by atoms with Gasteiger partial charge >= 0.3 is 12.0 Å². The van der Waals surface area contributed by atoms with Gasteiger partial charge in [-0.2, -0.15) is 0 Å². The molecule has 0 aromatic heterocycles. The van der Waals surface area contributed by atoms with Crippen molar-refractivity contribution in [2.24, 2.45) is 5.41 Å². The van der Waals surface area contributed by atoms with Gasteiger partial charge in [0, 0.05) is 19.5 Å². The van der Waals surface area contributed by atoms with Crippen molar-refractivity contribution in [2.45, 2.75) is 64.7 Å². The Morgan fingerprint density at radius 3 is 2.35 bits per heavy atom. The van der Waals surface area contributed by atoms with E-state index in [4.69, 9.17) is 5.11 Å². The van der Waals surface area contributed by atoms with Gasteiger partial charge in [-0.3, -0.25) is 4.79 Å². The Bertz CT molecular complexity index is 309. The lowest BCUT2D eigenvalue weighted by molar-refractivity contribution is -0.137. The number of unbranched alkanes of at least 4 members (excludes halogenated alkanes) is 3. The quantitative estimate of drug-likeness (QED) is 0.540. The number of carbonyl (C=O) groups excluding carboxylic acids is 1. The maximum Gasteiger partial charge on any atom is 0.314 e. The van der Waals surface area contributed by atoms with Crippen molar-refractivity contribution in [3.8, 4) is 0 Å². The molecule has 1 rings (SSSR count). The summed E-state index contributed by atoms with van der Waals surface area (Å²) in [5, 5.41) is 14.3. The smallest absolute Gasteiger partial charge is 0.314 e. The van der Waals surface area contributed by atoms with Crippen molar-refractivity contribution in [3.05, 3.63) is 0 Å². The Hall–Kier alpha value is -1.26. The Morgan fingerprint density at radius 2 is 1.80 bits per heavy atom. The van der Waals surface area contributed by atoms with Crippen LogP contribution in [-0.2, 0) is 4.79 Å². The van der Waals surface area contributed by atoms with Crippen molar-refractivity contribution in [2.75, 3.05) is 13.1 Å². The highest BCUT2D eigenvalue weighted by Gasteiger charge is 2.35. The molecular formula is C15H28N2O3. The van der Waals surface area contributed by atoms with E-state index in [1.807, 2.05) is 0 Å². The fourth-order valence-corrected chi connectivity index (χ4v) is 2.62. The molecule has 1 saturated carbocycles. The van der Waals surface area contributed by atoms with Gasteiger partial charge in [0.05, 0.1) is 0 Å². The predicted octanol–water partition coefficient (Wildman–Crippen LogP) is 2.90. The van der Waals surface area contributed by atoms with E-state index in [0.29, 0.717) is 12.0 Å². The van der Waals surface area contributed by atoms with Crippen molar-refractivity contribution in [1.82, 2.24) is 10.6 Å². The first kappa shape index (κ1) is 16.8. The third-order valence-corrected chi connectivity index (χ3v) is 4.39. The van der Waals surface area contributed by atoms with E-state index >= 15 is 0 Å². The van der Waals surface area contributed by atoms with Gasteiger partial charge < -0.3 is 15.7 Å². The predicted molar refractivity (Wildman–Crippen MR) is 78.7 cm³/mol. The first-order chi connectivity index (χ1) is 9.58. The number of amides is 2. The number of rotatable bonds is 10. The largest absolute Gasteiger partial charge is 0.481 e. The van der Waals surface area contributed by atoms with Crippen LogP contribution in [0.4, 0.5) is 4.79 Å². The first-order valence-corrected chi connectivity index (χ1v) is 7.81. The molecule has 0 aliphatic heterocycles. The molecule has 1 aliphatic carbocycles. The molecule has 0 spiro atoms. The molecule has 0 heterocycles. The van der Waals surface area contributed by atoms with Crippen LogP contribution in [0.5, 0.6) is 0 Å². The summed E-state index contributed by atoms with van der Waals surface area (Å²) in [4.78, 5) is 21.9. The molecule has 2 amide bonds. The number of nitrogens with one attached hydrogen (secondary N) is 2. The summed E-state index contributed by atoms with van der Waals surface area (Å²) < 4.78 is 0. The molecular weight excluding hydrogens is 256 g/mol. The molecule has 0 unspecified atom stereocenters. The Morgan fingerprint density at radius 1 is 1.10 bits per heavy atom. The first-order valence-electron chi connectivity index (χ1n) is 7.81. The van der Waals surface area contributed by atoms with E-state index in [9.17, 15) is 9.59 Å². The fraction of sp³-hybridized carbons (Fsp3) is 0.867. The van der Waals surface area contributed by atoms with Crippen LogP contribution in [0.2, 0.25) is 0 Å². The number of carboxylic acids is 1. The van der Waals surface area contributed by atoms with Crippen LogP contribution in [0.25, 0.3) is 0 Å². The molecule has 0 aromatic carbocycles. The molecule has 116 valence electrons. The third kappa shape index (κ3) is 6.26. The Balaban J connectivity index is 1.94. The topological polar surface area (TPSA) is 78.4 Å². The van der Waals surface area contributed by atoms with Gasteiger partial charge in [0.15, 0.2) is 0 Å². The molecule has 20 heavy (non-hydrogen) atoms. The monoisotopic (exact) mass is 284 g/mol. The Kier molecular flexibility index (Phi) is 7.41. The van der Waals surface area contributed by atoms with E-state index in [2.05, 4.69) is 17.6 Å². The van der Waals surface area contributed by atoms with Gasteiger partial charge in [-0.25, -0.2) is 4.79 Å². The van der Waals surface area contributed by atoms with Crippen LogP contribution >= 0.6 is 0 Å². The molecule has 1 fully saturated rings. The van der Waals surface area contributed by atoms with Gasteiger partial charge in [0.25, 0.3) is 0 Å². The molecule has 0 radical (unpaired) electrons. The summed E-state index contributed by atoms with van der Waals surface area (Å²) in [6.45, 7) is 3.64. The van der Waals surface area contributed by atoms with E-state index < -0.39 is 5.97 Å². The summed E-state index contributed by atoms with van der Waals surface area (Å²) in [5.41, 5.74) is 0.355. The standard InChI is InChI=1S/C15H28N2O3/c1-2-15(9-7-10-15)12-17-14(20)16-11-6-4-3-5-8-13(18)19/h2-12H2,1H3,(H,18,19)(H2,16,17,20). The average Bonchev–Trinajstić information content (AvgIpc) is 2.36. The summed E-state index contributed by atoms with van der Waals surface area (Å²) >= 11 is 0. The maximum absolute atomic E-state index is 11.6. The second kappa shape index (κ2) is 8.82. The molecule has 3 N–H and O–H groups in total. The average molecular weight is 284 g/mol. The lowest BCUT2D eigenvalue weighted by atomic mass is 9.67. The van der Waals surface area contributed by atoms with Crippen LogP contribution in [0, 0.1) is 5.41 Å². The molecule has 1 aliphatic rings. The maximum atomic E-state index is 11.6. The van der Waals surface area contributed by atoms with Crippen molar-refractivity contribution >= 4 is 12.0 Å². The number of carboxylic acid groups (broad SMARTS) is 1. The fourth-order valence-electron chi connectivity index (χ4n) is 2.62. The SMILES string of the molecule is CCC1(CNC(=O)NCCCCCCC(=O)O)CCC1. The minimum Gasteiger partial charge on any atom is -0.481 e. The van der Waals surface area contributed by atoms with E-state index in [0.717, 1.165) is 38.6 Å². The summed E-state index contributed by atoms with van der Waals surface area (Å²) in [6.07, 6.45) is 8.63. The second-order valence-corrected chi connectivity index (χ2v) is 5.87. The van der Waals surface area contributed by atoms with Crippen molar-refractivity contribution in [3.63, 3.8) is 0 Å². The van der Waals surface area contributed by atoms with Crippen LogP contribution in [0.15, 0.2) is 0 Å². The highest BCUT2D eigenvalue weighted by atomic mass is 16.4. The summed E-state index contributed by atoms with van der Waals surface area (Å²) in [6, 6.07) is -0.0738. The lowest BCUT2D eigenvalue weighted by Gasteiger charge is -2.41. The van der Waals surface area contributed by atoms with E-state index in [-0.39, 0.29) is 12.5 Å². The zero-order valence-electron chi connectivity index (χ0n) is 12.5. The van der Waals surface area contributed by atoms with Crippen molar-refractivity contribution in [1.29, 1.82) is 0 Å². The van der Waals surface area contributed by atoms with Crippen LogP contribution in [0.1, 0.15) is 64.7 Å². The third-order valence-electron chi connectivity index (χ3n) is 4.39. The zero-order valence-corrected chi connectivity index (χ0v) is 12.5. The van der Waals surface area contributed by atoms with Crippen LogP contribution in [0.3, 0.4) is 0 Å². The van der Waals surface area contributed by atoms with Crippen molar-refractivity contribution < 1.29 is 14.7 Å². The molecule has 0 saturated heterocycles.